The van der Waals surface area contributed by atoms with Crippen molar-refractivity contribution in [2.75, 3.05) is 0 Å². The summed E-state index contributed by atoms with van der Waals surface area (Å²) >= 11 is 0. The summed E-state index contributed by atoms with van der Waals surface area (Å²) in [4.78, 5) is 24.9. The van der Waals surface area contributed by atoms with E-state index in [4.69, 9.17) is 0 Å². The lowest BCUT2D eigenvalue weighted by atomic mass is 9.52. The average Bonchev–Trinajstić information content (AvgIpc) is 2.99. The smallest absolute Gasteiger partial charge is 0.156 e. The van der Waals surface area contributed by atoms with Crippen molar-refractivity contribution < 1.29 is 9.59 Å². The summed E-state index contributed by atoms with van der Waals surface area (Å²) in [5, 5.41) is 0. The molecule has 24 heavy (non-hydrogen) atoms. The van der Waals surface area contributed by atoms with Crippen LogP contribution in [0.2, 0.25) is 0 Å². The standard InChI is InChI=1S/C22H26O2/c1-20-9-6-18-16-4-3-14-13-15(23)5-11-21(14,2)17(16)7-12-22(18,20)19(24)8-10-20/h3-4,13,17H,5-12H2,1-2H3/t17?,20-,21-,22+/m0/s1. The van der Waals surface area contributed by atoms with Crippen LogP contribution in [-0.2, 0) is 9.59 Å². The molecule has 5 aliphatic rings. The normalized spacial score (nSPS) is 46.4. The van der Waals surface area contributed by atoms with Gasteiger partial charge in [-0.15, -0.1) is 0 Å². The third-order valence-corrected chi connectivity index (χ3v) is 8.46. The third-order valence-electron chi connectivity index (χ3n) is 8.46. The van der Waals surface area contributed by atoms with E-state index >= 15 is 0 Å². The van der Waals surface area contributed by atoms with Crippen molar-refractivity contribution in [1.29, 1.82) is 0 Å². The number of ketones is 2. The van der Waals surface area contributed by atoms with Crippen LogP contribution >= 0.6 is 0 Å². The van der Waals surface area contributed by atoms with E-state index in [0.717, 1.165) is 38.5 Å². The van der Waals surface area contributed by atoms with Gasteiger partial charge in [0.2, 0.25) is 0 Å². The fraction of sp³-hybridized carbons (Fsp3) is 0.636. The second kappa shape index (κ2) is 4.39. The summed E-state index contributed by atoms with van der Waals surface area (Å²) in [6.45, 7) is 4.72. The summed E-state index contributed by atoms with van der Waals surface area (Å²) < 4.78 is 0. The van der Waals surface area contributed by atoms with E-state index in [1.54, 1.807) is 0 Å². The molecule has 0 bridgehead atoms. The first-order valence-corrected chi connectivity index (χ1v) is 9.61. The van der Waals surface area contributed by atoms with Crippen LogP contribution in [0.3, 0.4) is 0 Å². The second-order valence-corrected chi connectivity index (χ2v) is 9.23. The molecule has 1 unspecified atom stereocenters. The number of hydrogen-bond donors (Lipinski definition) is 0. The fourth-order valence-electron chi connectivity index (χ4n) is 6.96. The molecule has 0 heterocycles. The highest BCUT2D eigenvalue weighted by Crippen LogP contribution is 2.70. The van der Waals surface area contributed by atoms with Gasteiger partial charge in [-0.25, -0.2) is 0 Å². The number of carbonyl (C=O) groups is 2. The van der Waals surface area contributed by atoms with Crippen LogP contribution < -0.4 is 0 Å². The molecule has 126 valence electrons. The predicted octanol–water partition coefficient (Wildman–Crippen LogP) is 4.71. The molecular formula is C22H26O2. The molecule has 1 spiro atoms. The zero-order valence-electron chi connectivity index (χ0n) is 14.8. The van der Waals surface area contributed by atoms with E-state index < -0.39 is 0 Å². The summed E-state index contributed by atoms with van der Waals surface area (Å²) in [6, 6.07) is 0. The van der Waals surface area contributed by atoms with Crippen molar-refractivity contribution in [3.63, 3.8) is 0 Å². The first kappa shape index (κ1) is 14.9. The maximum atomic E-state index is 13.0. The highest BCUT2D eigenvalue weighted by atomic mass is 16.1. The molecule has 0 N–H and O–H groups in total. The molecule has 0 aromatic rings. The second-order valence-electron chi connectivity index (χ2n) is 9.23. The number of fused-ring (bicyclic) bond motifs is 3. The molecule has 5 aliphatic carbocycles. The minimum absolute atomic E-state index is 0.0905. The van der Waals surface area contributed by atoms with Gasteiger partial charge < -0.3 is 0 Å². The largest absolute Gasteiger partial charge is 0.299 e. The number of carbonyl (C=O) groups excluding carboxylic acids is 2. The molecule has 2 nitrogen and oxygen atoms in total. The van der Waals surface area contributed by atoms with Gasteiger partial charge in [0.05, 0.1) is 5.41 Å². The van der Waals surface area contributed by atoms with E-state index in [0.29, 0.717) is 18.1 Å². The molecule has 0 aromatic heterocycles. The van der Waals surface area contributed by atoms with E-state index in [1.807, 2.05) is 6.08 Å². The van der Waals surface area contributed by atoms with Crippen LogP contribution in [-0.4, -0.2) is 11.6 Å². The SMILES string of the molecule is C[C@]12CCC(=O)[C@]13CCC1C(=C3CC2)C=CC2=CC(=O)CC[C@@]21C. The van der Waals surface area contributed by atoms with Gasteiger partial charge in [0.15, 0.2) is 5.78 Å². The van der Waals surface area contributed by atoms with Crippen molar-refractivity contribution in [3.8, 4) is 0 Å². The Morgan fingerprint density at radius 3 is 2.58 bits per heavy atom. The number of hydrogen-bond acceptors (Lipinski definition) is 2. The van der Waals surface area contributed by atoms with Gasteiger partial charge in [-0.2, -0.15) is 0 Å². The molecule has 5 rings (SSSR count). The van der Waals surface area contributed by atoms with E-state index in [-0.39, 0.29) is 22.0 Å². The van der Waals surface area contributed by atoms with Gasteiger partial charge in [0.1, 0.15) is 5.78 Å². The van der Waals surface area contributed by atoms with Gasteiger partial charge >= 0.3 is 0 Å². The van der Waals surface area contributed by atoms with Gasteiger partial charge in [-0.3, -0.25) is 9.59 Å². The molecule has 2 fully saturated rings. The number of allylic oxidation sites excluding steroid dienone is 6. The van der Waals surface area contributed by atoms with Crippen molar-refractivity contribution in [2.45, 2.75) is 65.2 Å². The van der Waals surface area contributed by atoms with Gasteiger partial charge in [0, 0.05) is 12.8 Å². The molecule has 2 saturated carbocycles. The Labute approximate surface area is 144 Å². The monoisotopic (exact) mass is 322 g/mol. The molecule has 0 aliphatic heterocycles. The van der Waals surface area contributed by atoms with Crippen LogP contribution in [0.1, 0.15) is 65.2 Å². The molecule has 0 aromatic carbocycles. The molecule has 0 saturated heterocycles. The Kier molecular flexibility index (Phi) is 2.72. The highest BCUT2D eigenvalue weighted by Gasteiger charge is 2.65. The fourth-order valence-corrected chi connectivity index (χ4v) is 6.96. The Morgan fingerprint density at radius 1 is 0.958 bits per heavy atom. The Hall–Kier alpha value is -1.44. The van der Waals surface area contributed by atoms with Crippen molar-refractivity contribution in [1.82, 2.24) is 0 Å². The quantitative estimate of drug-likeness (QED) is 0.647. The maximum Gasteiger partial charge on any atom is 0.156 e. The zero-order valence-corrected chi connectivity index (χ0v) is 14.8. The Balaban J connectivity index is 1.71. The first-order chi connectivity index (χ1) is 11.4. The van der Waals surface area contributed by atoms with Crippen LogP contribution in [0.4, 0.5) is 0 Å². The molecule has 0 amide bonds. The molecule has 0 radical (unpaired) electrons. The van der Waals surface area contributed by atoms with E-state index in [1.165, 1.54) is 23.1 Å². The lowest BCUT2D eigenvalue weighted by Crippen LogP contribution is -2.45. The predicted molar refractivity (Wildman–Crippen MR) is 93.3 cm³/mol. The summed E-state index contributed by atoms with van der Waals surface area (Å²) in [5.41, 5.74) is 4.32. The minimum Gasteiger partial charge on any atom is -0.299 e. The molecular weight excluding hydrogens is 296 g/mol. The highest BCUT2D eigenvalue weighted by molar-refractivity contribution is 5.94. The van der Waals surface area contributed by atoms with Gasteiger partial charge in [0.25, 0.3) is 0 Å². The summed E-state index contributed by atoms with van der Waals surface area (Å²) in [6.07, 6.45) is 14.2. The Bertz CT molecular complexity index is 767. The lowest BCUT2D eigenvalue weighted by molar-refractivity contribution is -0.127. The van der Waals surface area contributed by atoms with E-state index in [2.05, 4.69) is 26.0 Å². The molecule has 4 atom stereocenters. The molecule has 2 heteroatoms. The zero-order chi connectivity index (χ0) is 16.7. The van der Waals surface area contributed by atoms with Crippen molar-refractivity contribution >= 4 is 11.6 Å². The average molecular weight is 322 g/mol. The van der Waals surface area contributed by atoms with Crippen molar-refractivity contribution in [2.24, 2.45) is 22.2 Å². The third kappa shape index (κ3) is 1.49. The van der Waals surface area contributed by atoms with Crippen LogP contribution in [0.15, 0.2) is 34.9 Å². The van der Waals surface area contributed by atoms with Crippen LogP contribution in [0, 0.1) is 22.2 Å². The van der Waals surface area contributed by atoms with Crippen LogP contribution in [0.5, 0.6) is 0 Å². The first-order valence-electron chi connectivity index (χ1n) is 9.61. The Morgan fingerprint density at radius 2 is 1.75 bits per heavy atom. The maximum absolute atomic E-state index is 13.0. The minimum atomic E-state index is -0.148. The van der Waals surface area contributed by atoms with Crippen LogP contribution in [0.25, 0.3) is 0 Å². The summed E-state index contributed by atoms with van der Waals surface area (Å²) in [5.74, 6) is 1.29. The van der Waals surface area contributed by atoms with E-state index in [9.17, 15) is 9.59 Å². The van der Waals surface area contributed by atoms with Gasteiger partial charge in [-0.1, -0.05) is 31.6 Å². The number of Topliss-reactive ketones (excluding diaryl/α,β-unsaturated/α-hetero) is 1. The summed E-state index contributed by atoms with van der Waals surface area (Å²) in [7, 11) is 0. The number of rotatable bonds is 0. The van der Waals surface area contributed by atoms with Gasteiger partial charge in [-0.05, 0) is 72.5 Å². The van der Waals surface area contributed by atoms with Crippen molar-refractivity contribution in [3.05, 3.63) is 34.9 Å². The lowest BCUT2D eigenvalue weighted by Gasteiger charge is -2.51. The topological polar surface area (TPSA) is 34.1 Å².